The Morgan fingerprint density at radius 3 is 2.40 bits per heavy atom. The van der Waals surface area contributed by atoms with Gasteiger partial charge in [0.05, 0.1) is 11.2 Å². The Morgan fingerprint density at radius 1 is 1.05 bits per heavy atom. The predicted molar refractivity (Wildman–Crippen MR) is 77.6 cm³/mol. The molecule has 20 heavy (non-hydrogen) atoms. The van der Waals surface area contributed by atoms with Gasteiger partial charge in [0.2, 0.25) is 0 Å². The zero-order chi connectivity index (χ0) is 14.0. The van der Waals surface area contributed by atoms with Crippen molar-refractivity contribution >= 4 is 0 Å². The molecule has 106 valence electrons. The summed E-state index contributed by atoms with van der Waals surface area (Å²) in [6.07, 6.45) is 6.02. The van der Waals surface area contributed by atoms with Gasteiger partial charge in [0.25, 0.3) is 0 Å². The summed E-state index contributed by atoms with van der Waals surface area (Å²) in [6, 6.07) is 10.1. The molecule has 0 radical (unpaired) electrons. The first kappa shape index (κ1) is 13.2. The maximum Gasteiger partial charge on any atom is 0.176 e. The van der Waals surface area contributed by atoms with Crippen LogP contribution in [-0.4, -0.2) is 39.2 Å². The van der Waals surface area contributed by atoms with Gasteiger partial charge in [0.15, 0.2) is 5.82 Å². The summed E-state index contributed by atoms with van der Waals surface area (Å²) >= 11 is 0. The summed E-state index contributed by atoms with van der Waals surface area (Å²) in [5.74, 6) is 0.966. The molecule has 0 saturated heterocycles. The highest BCUT2D eigenvalue weighted by Gasteiger charge is 2.41. The minimum absolute atomic E-state index is 0.0441. The fraction of sp³-hybridized carbons (Fsp3) is 0.533. The van der Waals surface area contributed by atoms with Crippen LogP contribution >= 0.6 is 0 Å². The van der Waals surface area contributed by atoms with Crippen LogP contribution in [0.5, 0.6) is 0 Å². The molecule has 0 bridgehead atoms. The van der Waals surface area contributed by atoms with E-state index in [0.29, 0.717) is 0 Å². The number of rotatable bonds is 3. The van der Waals surface area contributed by atoms with Gasteiger partial charge in [-0.15, -0.1) is 5.10 Å². The number of aromatic nitrogens is 4. The molecular formula is C15H21N5. The quantitative estimate of drug-likeness (QED) is 0.860. The summed E-state index contributed by atoms with van der Waals surface area (Å²) in [5, 5.41) is 12.5. The van der Waals surface area contributed by atoms with E-state index < -0.39 is 0 Å². The van der Waals surface area contributed by atoms with Crippen LogP contribution < -0.4 is 0 Å². The van der Waals surface area contributed by atoms with Gasteiger partial charge in [0.1, 0.15) is 0 Å². The van der Waals surface area contributed by atoms with Crippen LogP contribution in [0.15, 0.2) is 30.3 Å². The Morgan fingerprint density at radius 2 is 1.75 bits per heavy atom. The number of nitrogens with zero attached hydrogens (tertiary/aromatic N) is 5. The van der Waals surface area contributed by atoms with Crippen LogP contribution in [0, 0.1) is 0 Å². The van der Waals surface area contributed by atoms with Crippen molar-refractivity contribution in [1.82, 2.24) is 25.1 Å². The highest BCUT2D eigenvalue weighted by atomic mass is 15.6. The maximum absolute atomic E-state index is 4.37. The molecule has 2 aromatic rings. The van der Waals surface area contributed by atoms with E-state index in [0.717, 1.165) is 24.4 Å². The Labute approximate surface area is 119 Å². The normalized spacial score (nSPS) is 18.4. The molecule has 0 N–H and O–H groups in total. The lowest BCUT2D eigenvalue weighted by atomic mass is 9.80. The van der Waals surface area contributed by atoms with E-state index >= 15 is 0 Å². The van der Waals surface area contributed by atoms with E-state index in [4.69, 9.17) is 0 Å². The van der Waals surface area contributed by atoms with Gasteiger partial charge in [0, 0.05) is 0 Å². The Hall–Kier alpha value is -1.75. The molecule has 1 saturated carbocycles. The third-order valence-electron chi connectivity index (χ3n) is 4.42. The van der Waals surface area contributed by atoms with Gasteiger partial charge in [-0.25, -0.2) is 0 Å². The molecule has 1 aliphatic carbocycles. The van der Waals surface area contributed by atoms with Gasteiger partial charge in [-0.1, -0.05) is 37.5 Å². The van der Waals surface area contributed by atoms with Crippen molar-refractivity contribution in [3.05, 3.63) is 36.2 Å². The van der Waals surface area contributed by atoms with Crippen molar-refractivity contribution in [3.8, 4) is 5.69 Å². The first-order valence-electron chi connectivity index (χ1n) is 7.26. The first-order valence-corrected chi connectivity index (χ1v) is 7.26. The minimum Gasteiger partial charge on any atom is -0.297 e. The lowest BCUT2D eigenvalue weighted by Gasteiger charge is -2.41. The van der Waals surface area contributed by atoms with Gasteiger partial charge in [-0.05, 0) is 49.5 Å². The average molecular weight is 271 g/mol. The largest absolute Gasteiger partial charge is 0.297 e. The lowest BCUT2D eigenvalue weighted by Crippen LogP contribution is -2.45. The standard InChI is InChI=1S/C15H21N5/c1-19(2)15(11-7-4-8-12-15)14-16-17-18-20(14)13-9-5-3-6-10-13/h3,5-6,9-10H,4,7-8,11-12H2,1-2H3. The lowest BCUT2D eigenvalue weighted by molar-refractivity contribution is 0.0865. The third kappa shape index (κ3) is 2.12. The molecular weight excluding hydrogens is 250 g/mol. The van der Waals surface area contributed by atoms with Crippen molar-refractivity contribution in [1.29, 1.82) is 0 Å². The predicted octanol–water partition coefficient (Wildman–Crippen LogP) is 2.38. The molecule has 0 spiro atoms. The molecule has 1 heterocycles. The Kier molecular flexibility index (Phi) is 3.53. The summed E-state index contributed by atoms with van der Waals surface area (Å²) in [7, 11) is 4.27. The topological polar surface area (TPSA) is 46.8 Å². The second-order valence-electron chi connectivity index (χ2n) is 5.74. The highest BCUT2D eigenvalue weighted by Crippen LogP contribution is 2.40. The van der Waals surface area contributed by atoms with Gasteiger partial charge >= 0.3 is 0 Å². The van der Waals surface area contributed by atoms with E-state index in [-0.39, 0.29) is 5.54 Å². The third-order valence-corrected chi connectivity index (χ3v) is 4.42. The molecule has 0 aliphatic heterocycles. The van der Waals surface area contributed by atoms with Crippen LogP contribution in [0.1, 0.15) is 37.9 Å². The number of hydrogen-bond acceptors (Lipinski definition) is 4. The second kappa shape index (κ2) is 5.32. The number of benzene rings is 1. The molecule has 5 nitrogen and oxygen atoms in total. The van der Waals surface area contributed by atoms with Crippen molar-refractivity contribution in [2.24, 2.45) is 0 Å². The number of para-hydroxylation sites is 1. The van der Waals surface area contributed by atoms with E-state index in [1.165, 1.54) is 19.3 Å². The Balaban J connectivity index is 2.07. The van der Waals surface area contributed by atoms with Gasteiger partial charge in [-0.3, -0.25) is 4.90 Å². The summed E-state index contributed by atoms with van der Waals surface area (Å²) in [6.45, 7) is 0. The van der Waals surface area contributed by atoms with E-state index in [9.17, 15) is 0 Å². The van der Waals surface area contributed by atoms with E-state index in [1.807, 2.05) is 35.0 Å². The van der Waals surface area contributed by atoms with Crippen LogP contribution in [0.25, 0.3) is 5.69 Å². The van der Waals surface area contributed by atoms with Crippen LogP contribution in [0.4, 0.5) is 0 Å². The second-order valence-corrected chi connectivity index (χ2v) is 5.74. The molecule has 0 atom stereocenters. The maximum atomic E-state index is 4.37. The van der Waals surface area contributed by atoms with E-state index in [1.54, 1.807) is 0 Å². The van der Waals surface area contributed by atoms with Gasteiger partial charge < -0.3 is 0 Å². The SMILES string of the molecule is CN(C)C1(c2nnnn2-c2ccccc2)CCCCC1. The van der Waals surface area contributed by atoms with Crippen LogP contribution in [-0.2, 0) is 5.54 Å². The van der Waals surface area contributed by atoms with Gasteiger partial charge in [-0.2, -0.15) is 4.68 Å². The fourth-order valence-electron chi connectivity index (χ4n) is 3.23. The van der Waals surface area contributed by atoms with Crippen molar-refractivity contribution in [2.75, 3.05) is 14.1 Å². The monoisotopic (exact) mass is 271 g/mol. The molecule has 1 aliphatic rings. The summed E-state index contributed by atoms with van der Waals surface area (Å²) in [5.41, 5.74) is 0.983. The summed E-state index contributed by atoms with van der Waals surface area (Å²) in [4.78, 5) is 2.29. The van der Waals surface area contributed by atoms with E-state index in [2.05, 4.69) is 34.5 Å². The highest BCUT2D eigenvalue weighted by molar-refractivity contribution is 5.32. The summed E-state index contributed by atoms with van der Waals surface area (Å²) < 4.78 is 1.89. The first-order chi connectivity index (χ1) is 9.74. The van der Waals surface area contributed by atoms with Crippen LogP contribution in [0.3, 0.4) is 0 Å². The average Bonchev–Trinajstić information content (AvgIpc) is 2.98. The van der Waals surface area contributed by atoms with Crippen molar-refractivity contribution in [3.63, 3.8) is 0 Å². The van der Waals surface area contributed by atoms with Crippen molar-refractivity contribution < 1.29 is 0 Å². The molecule has 0 amide bonds. The molecule has 1 aromatic heterocycles. The molecule has 3 rings (SSSR count). The number of hydrogen-bond donors (Lipinski definition) is 0. The van der Waals surface area contributed by atoms with Crippen LogP contribution in [0.2, 0.25) is 0 Å². The molecule has 1 aromatic carbocycles. The minimum atomic E-state index is -0.0441. The molecule has 0 unspecified atom stereocenters. The zero-order valence-electron chi connectivity index (χ0n) is 12.2. The molecule has 5 heteroatoms. The smallest absolute Gasteiger partial charge is 0.176 e. The fourth-order valence-corrected chi connectivity index (χ4v) is 3.23. The Bertz CT molecular complexity index is 555. The number of tetrazole rings is 1. The van der Waals surface area contributed by atoms with Crippen molar-refractivity contribution in [2.45, 2.75) is 37.6 Å². The molecule has 1 fully saturated rings. The zero-order valence-corrected chi connectivity index (χ0v) is 12.2.